The number of aromatic nitrogens is 2. The molecule has 0 bridgehead atoms. The normalized spacial score (nSPS) is 10.4. The van der Waals surface area contributed by atoms with Crippen LogP contribution in [0.15, 0.2) is 34.0 Å². The molecule has 0 atom stereocenters. The van der Waals surface area contributed by atoms with Crippen molar-refractivity contribution in [1.82, 2.24) is 10.1 Å². The lowest BCUT2D eigenvalue weighted by atomic mass is 10.2. The SMILES string of the molecule is O=C(O)CSc1nc(-c2ccc(F)cc2)no1. The van der Waals surface area contributed by atoms with Gasteiger partial charge in [-0.3, -0.25) is 4.79 Å². The fraction of sp³-hybridized carbons (Fsp3) is 0.100. The molecule has 0 aliphatic heterocycles. The molecular weight excluding hydrogens is 247 g/mol. The number of rotatable bonds is 4. The Morgan fingerprint density at radius 3 is 2.76 bits per heavy atom. The molecule has 0 amide bonds. The molecule has 1 heterocycles. The first-order valence-corrected chi connectivity index (χ1v) is 5.58. The van der Waals surface area contributed by atoms with Crippen LogP contribution in [0.1, 0.15) is 0 Å². The van der Waals surface area contributed by atoms with Crippen molar-refractivity contribution in [2.75, 3.05) is 5.75 Å². The van der Waals surface area contributed by atoms with E-state index in [1.807, 2.05) is 0 Å². The molecule has 7 heteroatoms. The minimum atomic E-state index is -0.962. The Hall–Kier alpha value is -1.89. The average molecular weight is 254 g/mol. The lowest BCUT2D eigenvalue weighted by Crippen LogP contribution is -1.97. The zero-order valence-corrected chi connectivity index (χ0v) is 9.28. The second kappa shape index (κ2) is 4.96. The van der Waals surface area contributed by atoms with Crippen LogP contribution in [0.5, 0.6) is 0 Å². The number of nitrogens with zero attached hydrogens (tertiary/aromatic N) is 2. The Morgan fingerprint density at radius 1 is 1.41 bits per heavy atom. The minimum Gasteiger partial charge on any atom is -0.481 e. The van der Waals surface area contributed by atoms with Gasteiger partial charge in [0.25, 0.3) is 5.22 Å². The predicted molar refractivity (Wildman–Crippen MR) is 58.1 cm³/mol. The summed E-state index contributed by atoms with van der Waals surface area (Å²) in [6.07, 6.45) is 0. The molecule has 0 saturated carbocycles. The summed E-state index contributed by atoms with van der Waals surface area (Å²) in [7, 11) is 0. The van der Waals surface area contributed by atoms with E-state index in [0.717, 1.165) is 11.8 Å². The monoisotopic (exact) mass is 254 g/mol. The molecule has 0 radical (unpaired) electrons. The highest BCUT2D eigenvalue weighted by Crippen LogP contribution is 2.21. The van der Waals surface area contributed by atoms with Crippen LogP contribution in [-0.4, -0.2) is 27.0 Å². The number of carboxylic acid groups (broad SMARTS) is 1. The maximum atomic E-state index is 12.7. The van der Waals surface area contributed by atoms with E-state index >= 15 is 0 Å². The van der Waals surface area contributed by atoms with Crippen molar-refractivity contribution in [1.29, 1.82) is 0 Å². The van der Waals surface area contributed by atoms with Crippen molar-refractivity contribution in [2.45, 2.75) is 5.22 Å². The van der Waals surface area contributed by atoms with Gasteiger partial charge in [-0.2, -0.15) is 4.98 Å². The fourth-order valence-electron chi connectivity index (χ4n) is 1.11. The molecule has 0 unspecified atom stereocenters. The Morgan fingerprint density at radius 2 is 2.12 bits per heavy atom. The summed E-state index contributed by atoms with van der Waals surface area (Å²) in [6.45, 7) is 0. The van der Waals surface area contributed by atoms with Gasteiger partial charge in [0.2, 0.25) is 5.82 Å². The molecule has 1 N–H and O–H groups in total. The molecule has 88 valence electrons. The summed E-state index contributed by atoms with van der Waals surface area (Å²) in [5.74, 6) is -1.16. The number of hydrogen-bond donors (Lipinski definition) is 1. The lowest BCUT2D eigenvalue weighted by Gasteiger charge is -1.92. The maximum absolute atomic E-state index is 12.7. The van der Waals surface area contributed by atoms with E-state index in [9.17, 15) is 9.18 Å². The second-order valence-electron chi connectivity index (χ2n) is 3.07. The third-order valence-electron chi connectivity index (χ3n) is 1.83. The van der Waals surface area contributed by atoms with Gasteiger partial charge in [-0.05, 0) is 24.3 Å². The van der Waals surface area contributed by atoms with Gasteiger partial charge < -0.3 is 9.63 Å². The first kappa shape index (κ1) is 11.6. The standard InChI is InChI=1S/C10H7FN2O3S/c11-7-3-1-6(2-4-7)9-12-10(16-13-9)17-5-8(14)15/h1-4H,5H2,(H,14,15). The third-order valence-corrected chi connectivity index (χ3v) is 2.63. The molecule has 0 fully saturated rings. The van der Waals surface area contributed by atoms with Gasteiger partial charge in [-0.25, -0.2) is 4.39 Å². The van der Waals surface area contributed by atoms with E-state index in [1.54, 1.807) is 0 Å². The number of hydrogen-bond acceptors (Lipinski definition) is 5. The van der Waals surface area contributed by atoms with Gasteiger partial charge in [-0.15, -0.1) is 0 Å². The van der Waals surface area contributed by atoms with Crippen LogP contribution in [0, 0.1) is 5.82 Å². The number of benzene rings is 1. The summed E-state index contributed by atoms with van der Waals surface area (Å²) in [6, 6.07) is 5.61. The zero-order chi connectivity index (χ0) is 12.3. The quantitative estimate of drug-likeness (QED) is 0.841. The summed E-state index contributed by atoms with van der Waals surface area (Å²) in [4.78, 5) is 14.3. The van der Waals surface area contributed by atoms with E-state index < -0.39 is 5.97 Å². The number of carboxylic acids is 1. The predicted octanol–water partition coefficient (Wildman–Crippen LogP) is 2.05. The molecule has 1 aromatic carbocycles. The largest absolute Gasteiger partial charge is 0.481 e. The molecular formula is C10H7FN2O3S. The van der Waals surface area contributed by atoms with Gasteiger partial charge >= 0.3 is 5.97 Å². The highest BCUT2D eigenvalue weighted by Gasteiger charge is 2.10. The summed E-state index contributed by atoms with van der Waals surface area (Å²) >= 11 is 0.933. The first-order valence-electron chi connectivity index (χ1n) is 4.59. The Kier molecular flexibility index (Phi) is 3.38. The smallest absolute Gasteiger partial charge is 0.314 e. The van der Waals surface area contributed by atoms with Crippen LogP contribution in [0.3, 0.4) is 0 Å². The van der Waals surface area contributed by atoms with Crippen LogP contribution >= 0.6 is 11.8 Å². The molecule has 5 nitrogen and oxygen atoms in total. The number of thioether (sulfide) groups is 1. The van der Waals surface area contributed by atoms with E-state index in [4.69, 9.17) is 9.63 Å². The van der Waals surface area contributed by atoms with E-state index in [0.29, 0.717) is 11.4 Å². The first-order chi connectivity index (χ1) is 8.15. The Balaban J connectivity index is 2.12. The van der Waals surface area contributed by atoms with Crippen LogP contribution in [0.25, 0.3) is 11.4 Å². The molecule has 2 aromatic rings. The summed E-state index contributed by atoms with van der Waals surface area (Å²) in [5, 5.41) is 12.3. The number of aliphatic carboxylic acids is 1. The van der Waals surface area contributed by atoms with Crippen LogP contribution < -0.4 is 0 Å². The fourth-order valence-corrected chi connectivity index (χ4v) is 1.60. The molecule has 0 saturated heterocycles. The van der Waals surface area contributed by atoms with Crippen molar-refractivity contribution in [3.63, 3.8) is 0 Å². The van der Waals surface area contributed by atoms with Crippen molar-refractivity contribution in [3.05, 3.63) is 30.1 Å². The molecule has 1 aromatic heterocycles. The van der Waals surface area contributed by atoms with Gasteiger partial charge in [0.1, 0.15) is 11.6 Å². The lowest BCUT2D eigenvalue weighted by molar-refractivity contribution is -0.133. The van der Waals surface area contributed by atoms with Gasteiger partial charge in [0, 0.05) is 5.56 Å². The molecule has 2 rings (SSSR count). The zero-order valence-electron chi connectivity index (χ0n) is 8.46. The van der Waals surface area contributed by atoms with Crippen LogP contribution in [0.4, 0.5) is 4.39 Å². The molecule has 0 aliphatic carbocycles. The van der Waals surface area contributed by atoms with Crippen molar-refractivity contribution in [2.24, 2.45) is 0 Å². The molecule has 17 heavy (non-hydrogen) atoms. The molecule has 0 spiro atoms. The highest BCUT2D eigenvalue weighted by atomic mass is 32.2. The van der Waals surface area contributed by atoms with Crippen LogP contribution in [-0.2, 0) is 4.79 Å². The average Bonchev–Trinajstić information content (AvgIpc) is 2.76. The minimum absolute atomic E-state index is 0.148. The van der Waals surface area contributed by atoms with E-state index in [1.165, 1.54) is 24.3 Å². The highest BCUT2D eigenvalue weighted by molar-refractivity contribution is 7.99. The third kappa shape index (κ3) is 3.04. The van der Waals surface area contributed by atoms with E-state index in [-0.39, 0.29) is 16.8 Å². The van der Waals surface area contributed by atoms with Crippen molar-refractivity contribution < 1.29 is 18.8 Å². The van der Waals surface area contributed by atoms with Gasteiger partial charge in [-0.1, -0.05) is 16.9 Å². The molecule has 0 aliphatic rings. The Labute approximate surface area is 99.6 Å². The van der Waals surface area contributed by atoms with Crippen LogP contribution in [0.2, 0.25) is 0 Å². The van der Waals surface area contributed by atoms with E-state index in [2.05, 4.69) is 10.1 Å². The number of halogens is 1. The van der Waals surface area contributed by atoms with Crippen molar-refractivity contribution >= 4 is 17.7 Å². The topological polar surface area (TPSA) is 76.2 Å². The number of carbonyl (C=O) groups is 1. The maximum Gasteiger partial charge on any atom is 0.314 e. The van der Waals surface area contributed by atoms with Crippen molar-refractivity contribution in [3.8, 4) is 11.4 Å². The second-order valence-corrected chi connectivity index (χ2v) is 4.00. The summed E-state index contributed by atoms with van der Waals surface area (Å²) in [5.41, 5.74) is 0.609. The van der Waals surface area contributed by atoms with Gasteiger partial charge in [0.05, 0.1) is 0 Å². The van der Waals surface area contributed by atoms with Gasteiger partial charge in [0.15, 0.2) is 0 Å². The Bertz CT molecular complexity index is 527. The summed E-state index contributed by atoms with van der Waals surface area (Å²) < 4.78 is 17.5.